The molecule has 9 heteroatoms. The lowest BCUT2D eigenvalue weighted by molar-refractivity contribution is 0.0943. The van der Waals surface area contributed by atoms with Crippen LogP contribution in [-0.2, 0) is 0 Å². The predicted octanol–water partition coefficient (Wildman–Crippen LogP) is 3.71. The average Bonchev–Trinajstić information content (AvgIpc) is 3.06. The molecule has 4 N–H and O–H groups in total. The first-order valence-electron chi connectivity index (χ1n) is 11.7. The highest BCUT2D eigenvalue weighted by atomic mass is 16.2. The summed E-state index contributed by atoms with van der Waals surface area (Å²) in [6.45, 7) is 8.85. The van der Waals surface area contributed by atoms with E-state index in [-0.39, 0.29) is 18.0 Å². The lowest BCUT2D eigenvalue weighted by atomic mass is 10.1. The Morgan fingerprint density at radius 2 is 1.71 bits per heavy atom. The quantitative estimate of drug-likeness (QED) is 0.521. The van der Waals surface area contributed by atoms with Crippen LogP contribution in [0, 0.1) is 0 Å². The van der Waals surface area contributed by atoms with Gasteiger partial charge in [0.1, 0.15) is 0 Å². The monoisotopic (exact) mass is 466 g/mol. The summed E-state index contributed by atoms with van der Waals surface area (Å²) < 4.78 is 0. The molecule has 1 heterocycles. The van der Waals surface area contributed by atoms with Gasteiger partial charge in [-0.25, -0.2) is 9.59 Å². The molecule has 2 aromatic rings. The Morgan fingerprint density at radius 3 is 2.41 bits per heavy atom. The van der Waals surface area contributed by atoms with Gasteiger partial charge in [-0.05, 0) is 57.5 Å². The van der Waals surface area contributed by atoms with Crippen LogP contribution in [0.25, 0.3) is 0 Å². The Morgan fingerprint density at radius 1 is 0.941 bits per heavy atom. The number of carbonyl (C=O) groups excluding carboxylic acids is 3. The van der Waals surface area contributed by atoms with E-state index in [4.69, 9.17) is 0 Å². The van der Waals surface area contributed by atoms with E-state index in [0.29, 0.717) is 43.1 Å². The molecule has 34 heavy (non-hydrogen) atoms. The van der Waals surface area contributed by atoms with Crippen LogP contribution in [0.4, 0.5) is 26.7 Å². The predicted molar refractivity (Wildman–Crippen MR) is 136 cm³/mol. The van der Waals surface area contributed by atoms with E-state index in [9.17, 15) is 14.4 Å². The number of benzene rings is 2. The Balaban J connectivity index is 1.82. The molecule has 9 nitrogen and oxygen atoms in total. The third kappa shape index (κ3) is 6.87. The van der Waals surface area contributed by atoms with Crippen LogP contribution in [0.15, 0.2) is 48.5 Å². The number of hydrogen-bond acceptors (Lipinski definition) is 4. The summed E-state index contributed by atoms with van der Waals surface area (Å²) in [5.41, 5.74) is 2.48. The molecular formula is C25H34N6O3. The van der Waals surface area contributed by atoms with Gasteiger partial charge in [-0.2, -0.15) is 0 Å². The number of para-hydroxylation sites is 1. The van der Waals surface area contributed by atoms with E-state index in [2.05, 4.69) is 26.2 Å². The van der Waals surface area contributed by atoms with Gasteiger partial charge in [0.2, 0.25) is 0 Å². The minimum Gasteiger partial charge on any atom is -0.368 e. The maximum atomic E-state index is 12.8. The number of urea groups is 2. The first-order chi connectivity index (χ1) is 16.4. The van der Waals surface area contributed by atoms with Crippen LogP contribution >= 0.6 is 0 Å². The van der Waals surface area contributed by atoms with Gasteiger partial charge in [0.15, 0.2) is 0 Å². The van der Waals surface area contributed by atoms with Crippen LogP contribution in [-0.4, -0.2) is 61.6 Å². The largest absolute Gasteiger partial charge is 0.368 e. The second-order valence-electron chi connectivity index (χ2n) is 8.47. The van der Waals surface area contributed by atoms with Gasteiger partial charge in [-0.1, -0.05) is 18.2 Å². The van der Waals surface area contributed by atoms with Crippen molar-refractivity contribution in [3.63, 3.8) is 0 Å². The Labute approximate surface area is 200 Å². The SMILES string of the molecule is CCNC(=O)N1CCCN(c2ccc(C(=O)NC(C)C)cc2NC(=O)Nc2ccccc2)CC1. The Hall–Kier alpha value is -3.75. The number of carbonyl (C=O) groups is 3. The maximum Gasteiger partial charge on any atom is 0.323 e. The first kappa shape index (κ1) is 24.9. The van der Waals surface area contributed by atoms with Crippen molar-refractivity contribution in [2.24, 2.45) is 0 Å². The first-order valence-corrected chi connectivity index (χ1v) is 11.7. The van der Waals surface area contributed by atoms with E-state index in [0.717, 1.165) is 18.7 Å². The minimum atomic E-state index is -0.396. The van der Waals surface area contributed by atoms with Crippen LogP contribution in [0.5, 0.6) is 0 Å². The van der Waals surface area contributed by atoms with Crippen molar-refractivity contribution in [3.8, 4) is 0 Å². The molecule has 0 bridgehead atoms. The highest BCUT2D eigenvalue weighted by Gasteiger charge is 2.22. The van der Waals surface area contributed by atoms with Gasteiger partial charge >= 0.3 is 12.1 Å². The molecule has 5 amide bonds. The molecule has 0 radical (unpaired) electrons. The zero-order valence-corrected chi connectivity index (χ0v) is 20.1. The summed E-state index contributed by atoms with van der Waals surface area (Å²) in [4.78, 5) is 41.6. The second-order valence-corrected chi connectivity index (χ2v) is 8.47. The lowest BCUT2D eigenvalue weighted by Gasteiger charge is -2.26. The van der Waals surface area contributed by atoms with Crippen molar-refractivity contribution < 1.29 is 14.4 Å². The highest BCUT2D eigenvalue weighted by molar-refractivity contribution is 6.04. The summed E-state index contributed by atoms with van der Waals surface area (Å²) in [5.74, 6) is -0.202. The number of nitrogens with zero attached hydrogens (tertiary/aromatic N) is 2. The normalized spacial score (nSPS) is 13.8. The number of amides is 5. The molecule has 0 spiro atoms. The van der Waals surface area contributed by atoms with Gasteiger partial charge < -0.3 is 31.1 Å². The molecule has 0 unspecified atom stereocenters. The molecule has 3 rings (SSSR count). The third-order valence-corrected chi connectivity index (χ3v) is 5.41. The molecule has 2 aromatic carbocycles. The standard InChI is InChI=1S/C25H34N6O3/c1-4-26-25(34)31-14-8-13-30(15-16-31)22-12-11-19(23(32)27-18(2)3)17-21(22)29-24(33)28-20-9-6-5-7-10-20/h5-7,9-12,17-18H,4,8,13-16H2,1-3H3,(H,26,34)(H,27,32)(H2,28,29,33). The molecule has 0 aliphatic carbocycles. The van der Waals surface area contributed by atoms with Crippen LogP contribution in [0.3, 0.4) is 0 Å². The fourth-order valence-corrected chi connectivity index (χ4v) is 3.83. The molecular weight excluding hydrogens is 432 g/mol. The van der Waals surface area contributed by atoms with Gasteiger partial charge in [0, 0.05) is 50.0 Å². The zero-order valence-electron chi connectivity index (χ0n) is 20.1. The molecule has 1 saturated heterocycles. The second kappa shape index (κ2) is 11.9. The van der Waals surface area contributed by atoms with Gasteiger partial charge in [0.05, 0.1) is 11.4 Å². The van der Waals surface area contributed by atoms with Crippen molar-refractivity contribution in [2.75, 3.05) is 48.3 Å². The lowest BCUT2D eigenvalue weighted by Crippen LogP contribution is -2.42. The zero-order chi connectivity index (χ0) is 24.5. The maximum absolute atomic E-state index is 12.8. The van der Waals surface area contributed by atoms with Crippen molar-refractivity contribution in [1.82, 2.24) is 15.5 Å². The van der Waals surface area contributed by atoms with Crippen molar-refractivity contribution in [2.45, 2.75) is 33.2 Å². The van der Waals surface area contributed by atoms with Crippen LogP contribution in [0.1, 0.15) is 37.6 Å². The van der Waals surface area contributed by atoms with Gasteiger partial charge in [-0.3, -0.25) is 4.79 Å². The highest BCUT2D eigenvalue weighted by Crippen LogP contribution is 2.29. The molecule has 1 fully saturated rings. The fourth-order valence-electron chi connectivity index (χ4n) is 3.83. The Kier molecular flexibility index (Phi) is 8.73. The van der Waals surface area contributed by atoms with Crippen molar-refractivity contribution in [1.29, 1.82) is 0 Å². The summed E-state index contributed by atoms with van der Waals surface area (Å²) in [7, 11) is 0. The van der Waals surface area contributed by atoms with E-state index < -0.39 is 6.03 Å². The molecule has 0 atom stereocenters. The molecule has 1 aliphatic rings. The Bertz CT molecular complexity index is 995. The topological polar surface area (TPSA) is 106 Å². The molecule has 0 saturated carbocycles. The van der Waals surface area contributed by atoms with Crippen LogP contribution in [0.2, 0.25) is 0 Å². The van der Waals surface area contributed by atoms with E-state index in [1.165, 1.54) is 0 Å². The van der Waals surface area contributed by atoms with Gasteiger partial charge in [-0.15, -0.1) is 0 Å². The molecule has 182 valence electrons. The van der Waals surface area contributed by atoms with E-state index in [1.54, 1.807) is 24.3 Å². The minimum absolute atomic E-state index is 0.00387. The number of rotatable bonds is 6. The van der Waals surface area contributed by atoms with Crippen LogP contribution < -0.4 is 26.2 Å². The van der Waals surface area contributed by atoms with Gasteiger partial charge in [0.25, 0.3) is 5.91 Å². The van der Waals surface area contributed by atoms with E-state index in [1.807, 2.05) is 49.9 Å². The number of anilines is 3. The fraction of sp³-hybridized carbons (Fsp3) is 0.400. The summed E-state index contributed by atoms with van der Waals surface area (Å²) in [6, 6.07) is 14.0. The average molecular weight is 467 g/mol. The van der Waals surface area contributed by atoms with Crippen molar-refractivity contribution >= 4 is 35.0 Å². The smallest absolute Gasteiger partial charge is 0.323 e. The summed E-state index contributed by atoms with van der Waals surface area (Å²) >= 11 is 0. The molecule has 1 aliphatic heterocycles. The summed E-state index contributed by atoms with van der Waals surface area (Å²) in [6.07, 6.45) is 0.794. The summed E-state index contributed by atoms with van der Waals surface area (Å²) in [5, 5.41) is 11.5. The third-order valence-electron chi connectivity index (χ3n) is 5.41. The number of hydrogen-bond donors (Lipinski definition) is 4. The number of nitrogens with one attached hydrogen (secondary N) is 4. The van der Waals surface area contributed by atoms with Crippen molar-refractivity contribution in [3.05, 3.63) is 54.1 Å². The molecule has 0 aromatic heterocycles. The van der Waals surface area contributed by atoms with E-state index >= 15 is 0 Å².